The van der Waals surface area contributed by atoms with E-state index in [0.717, 1.165) is 29.5 Å². The quantitative estimate of drug-likeness (QED) is 0.853. The van der Waals surface area contributed by atoms with Crippen LogP contribution in [0.1, 0.15) is 30.3 Å². The molecule has 1 saturated carbocycles. The molecular weight excluding hydrogens is 244 g/mol. The van der Waals surface area contributed by atoms with E-state index in [-0.39, 0.29) is 5.97 Å². The number of carbonyl (C=O) groups is 1. The van der Waals surface area contributed by atoms with Crippen molar-refractivity contribution in [3.8, 4) is 0 Å². The van der Waals surface area contributed by atoms with Crippen molar-refractivity contribution in [2.45, 2.75) is 31.8 Å². The minimum atomic E-state index is -0.432. The summed E-state index contributed by atoms with van der Waals surface area (Å²) in [5.41, 5.74) is 2.36. The van der Waals surface area contributed by atoms with Gasteiger partial charge in [-0.2, -0.15) is 0 Å². The number of ether oxygens (including phenoxy) is 1. The van der Waals surface area contributed by atoms with Gasteiger partial charge in [-0.05, 0) is 30.5 Å². The van der Waals surface area contributed by atoms with E-state index in [4.69, 9.17) is 9.15 Å². The van der Waals surface area contributed by atoms with Gasteiger partial charge < -0.3 is 9.15 Å². The van der Waals surface area contributed by atoms with Crippen molar-refractivity contribution in [2.24, 2.45) is 0 Å². The molecule has 1 aromatic carbocycles. The van der Waals surface area contributed by atoms with Crippen molar-refractivity contribution in [1.82, 2.24) is 10.3 Å². The Morgan fingerprint density at radius 1 is 1.53 bits per heavy atom. The maximum Gasteiger partial charge on any atom is 0.327 e. The lowest BCUT2D eigenvalue weighted by Gasteiger charge is -2.16. The van der Waals surface area contributed by atoms with Crippen LogP contribution in [0.2, 0.25) is 0 Å². The van der Waals surface area contributed by atoms with Gasteiger partial charge in [0.05, 0.1) is 7.11 Å². The molecular formula is C14H16N2O3. The van der Waals surface area contributed by atoms with Crippen molar-refractivity contribution in [3.05, 3.63) is 29.7 Å². The molecule has 1 aliphatic rings. The highest BCUT2D eigenvalue weighted by molar-refractivity contribution is 5.81. The van der Waals surface area contributed by atoms with Crippen LogP contribution >= 0.6 is 0 Å². The molecule has 0 aliphatic heterocycles. The summed E-state index contributed by atoms with van der Waals surface area (Å²) in [7, 11) is 1.41. The second-order valence-corrected chi connectivity index (χ2v) is 4.86. The van der Waals surface area contributed by atoms with Gasteiger partial charge in [-0.1, -0.05) is 6.07 Å². The Hall–Kier alpha value is -1.88. The zero-order valence-corrected chi connectivity index (χ0v) is 11.0. The number of hydrogen-bond acceptors (Lipinski definition) is 5. The third-order valence-corrected chi connectivity index (χ3v) is 3.27. The molecule has 2 aromatic rings. The van der Waals surface area contributed by atoms with Crippen LogP contribution in [0.3, 0.4) is 0 Å². The first kappa shape index (κ1) is 12.2. The molecule has 1 N–H and O–H groups in total. The number of methoxy groups -OCH3 is 1. The molecule has 19 heavy (non-hydrogen) atoms. The van der Waals surface area contributed by atoms with E-state index in [0.29, 0.717) is 11.9 Å². The lowest BCUT2D eigenvalue weighted by atomic mass is 10.1. The molecule has 0 bridgehead atoms. The molecule has 1 fully saturated rings. The fraction of sp³-hybridized carbons (Fsp3) is 0.429. The third-order valence-electron chi connectivity index (χ3n) is 3.27. The Balaban J connectivity index is 1.95. The molecule has 5 nitrogen and oxygen atoms in total. The fourth-order valence-electron chi connectivity index (χ4n) is 2.14. The smallest absolute Gasteiger partial charge is 0.327 e. The Kier molecular flexibility index (Phi) is 2.98. The summed E-state index contributed by atoms with van der Waals surface area (Å²) in [6.07, 6.45) is 2.22. The number of hydrogen-bond donors (Lipinski definition) is 1. The predicted molar refractivity (Wildman–Crippen MR) is 69.7 cm³/mol. The van der Waals surface area contributed by atoms with E-state index in [1.165, 1.54) is 7.11 Å². The Bertz CT molecular complexity index is 616. The summed E-state index contributed by atoms with van der Waals surface area (Å²) in [5.74, 6) is 0.350. The van der Waals surface area contributed by atoms with Crippen molar-refractivity contribution in [3.63, 3.8) is 0 Å². The van der Waals surface area contributed by atoms with Crippen LogP contribution in [0, 0.1) is 6.92 Å². The molecule has 1 atom stereocenters. The first-order valence-electron chi connectivity index (χ1n) is 6.38. The molecule has 1 heterocycles. The Labute approximate surface area is 111 Å². The van der Waals surface area contributed by atoms with Gasteiger partial charge in [-0.25, -0.2) is 9.78 Å². The standard InChI is InChI=1S/C14H16N2O3/c1-8-15-11-7-9(3-6-12(11)19-8)13(14(17)18-2)16-10-4-5-10/h3,6-7,10,13,16H,4-5H2,1-2H3. The van der Waals surface area contributed by atoms with Crippen LogP contribution < -0.4 is 5.32 Å². The van der Waals surface area contributed by atoms with E-state index in [9.17, 15) is 4.79 Å². The first-order valence-corrected chi connectivity index (χ1v) is 6.38. The minimum Gasteiger partial charge on any atom is -0.468 e. The summed E-state index contributed by atoms with van der Waals surface area (Å²) in [6, 6.07) is 5.58. The number of esters is 1. The number of aromatic nitrogens is 1. The second-order valence-electron chi connectivity index (χ2n) is 4.86. The summed E-state index contributed by atoms with van der Waals surface area (Å²) in [6.45, 7) is 1.81. The van der Waals surface area contributed by atoms with Gasteiger partial charge in [-0.3, -0.25) is 5.32 Å². The van der Waals surface area contributed by atoms with E-state index in [1.807, 2.05) is 18.2 Å². The van der Waals surface area contributed by atoms with Crippen molar-refractivity contribution in [2.75, 3.05) is 7.11 Å². The average Bonchev–Trinajstić information content (AvgIpc) is 3.14. The van der Waals surface area contributed by atoms with E-state index in [1.54, 1.807) is 6.92 Å². The van der Waals surface area contributed by atoms with Crippen molar-refractivity contribution >= 4 is 17.1 Å². The highest BCUT2D eigenvalue weighted by atomic mass is 16.5. The maximum atomic E-state index is 11.9. The van der Waals surface area contributed by atoms with Crippen LogP contribution in [0.5, 0.6) is 0 Å². The van der Waals surface area contributed by atoms with Gasteiger partial charge >= 0.3 is 5.97 Å². The number of fused-ring (bicyclic) bond motifs is 1. The summed E-state index contributed by atoms with van der Waals surface area (Å²) in [4.78, 5) is 16.2. The lowest BCUT2D eigenvalue weighted by Crippen LogP contribution is -2.31. The van der Waals surface area contributed by atoms with Crippen molar-refractivity contribution in [1.29, 1.82) is 0 Å². The number of nitrogens with one attached hydrogen (secondary N) is 1. The second kappa shape index (κ2) is 4.66. The van der Waals surface area contributed by atoms with Crippen LogP contribution in [-0.4, -0.2) is 24.1 Å². The fourth-order valence-corrected chi connectivity index (χ4v) is 2.14. The molecule has 100 valence electrons. The third kappa shape index (κ3) is 2.46. The average molecular weight is 260 g/mol. The Morgan fingerprint density at radius 2 is 2.32 bits per heavy atom. The van der Waals surface area contributed by atoms with Crippen LogP contribution in [-0.2, 0) is 9.53 Å². The molecule has 1 aromatic heterocycles. The van der Waals surface area contributed by atoms with E-state index < -0.39 is 6.04 Å². The van der Waals surface area contributed by atoms with Gasteiger partial charge in [0.2, 0.25) is 0 Å². The molecule has 0 amide bonds. The summed E-state index contributed by atoms with van der Waals surface area (Å²) < 4.78 is 10.3. The highest BCUT2D eigenvalue weighted by Gasteiger charge is 2.30. The maximum absolute atomic E-state index is 11.9. The summed E-state index contributed by atoms with van der Waals surface area (Å²) >= 11 is 0. The van der Waals surface area contributed by atoms with Crippen LogP contribution in [0.25, 0.3) is 11.1 Å². The van der Waals surface area contributed by atoms with Gasteiger partial charge in [0, 0.05) is 13.0 Å². The molecule has 5 heteroatoms. The van der Waals surface area contributed by atoms with Gasteiger partial charge in [-0.15, -0.1) is 0 Å². The predicted octanol–water partition coefficient (Wildman–Crippen LogP) is 2.10. The normalized spacial score (nSPS) is 16.5. The number of nitrogens with zero attached hydrogens (tertiary/aromatic N) is 1. The molecule has 1 aliphatic carbocycles. The number of oxazole rings is 1. The largest absolute Gasteiger partial charge is 0.468 e. The van der Waals surface area contributed by atoms with E-state index in [2.05, 4.69) is 10.3 Å². The molecule has 0 saturated heterocycles. The van der Waals surface area contributed by atoms with Gasteiger partial charge in [0.15, 0.2) is 11.5 Å². The monoisotopic (exact) mass is 260 g/mol. The lowest BCUT2D eigenvalue weighted by molar-refractivity contribution is -0.143. The van der Waals surface area contributed by atoms with Crippen LogP contribution in [0.15, 0.2) is 22.6 Å². The molecule has 0 radical (unpaired) electrons. The van der Waals surface area contributed by atoms with Gasteiger partial charge in [0.1, 0.15) is 11.6 Å². The van der Waals surface area contributed by atoms with Crippen molar-refractivity contribution < 1.29 is 13.9 Å². The number of rotatable bonds is 4. The zero-order valence-electron chi connectivity index (χ0n) is 11.0. The van der Waals surface area contributed by atoms with Gasteiger partial charge in [0.25, 0.3) is 0 Å². The molecule has 3 rings (SSSR count). The topological polar surface area (TPSA) is 64.4 Å². The zero-order chi connectivity index (χ0) is 13.4. The minimum absolute atomic E-state index is 0.272. The Morgan fingerprint density at radius 3 is 3.00 bits per heavy atom. The van der Waals surface area contributed by atoms with E-state index >= 15 is 0 Å². The highest BCUT2D eigenvalue weighted by Crippen LogP contribution is 2.27. The summed E-state index contributed by atoms with van der Waals surface area (Å²) in [5, 5.41) is 3.30. The number of aryl methyl sites for hydroxylation is 1. The number of benzene rings is 1. The SMILES string of the molecule is COC(=O)C(NC1CC1)c1ccc2oc(C)nc2c1. The van der Waals surface area contributed by atoms with Crippen LogP contribution in [0.4, 0.5) is 0 Å². The molecule has 1 unspecified atom stereocenters. The number of carbonyl (C=O) groups excluding carboxylic acids is 1. The molecule has 0 spiro atoms. The first-order chi connectivity index (χ1) is 9.17.